The van der Waals surface area contributed by atoms with Crippen LogP contribution in [-0.4, -0.2) is 37.2 Å². The van der Waals surface area contributed by atoms with Gasteiger partial charge in [-0.2, -0.15) is 0 Å². The van der Waals surface area contributed by atoms with Crippen molar-refractivity contribution in [2.75, 3.05) is 13.2 Å². The molecule has 1 unspecified atom stereocenters. The highest BCUT2D eigenvalue weighted by Crippen LogP contribution is 2.18. The molecule has 374 valence electrons. The van der Waals surface area contributed by atoms with Crippen molar-refractivity contribution >= 4 is 17.9 Å². The third-order valence-electron chi connectivity index (χ3n) is 13.4. The summed E-state index contributed by atoms with van der Waals surface area (Å²) in [4.78, 5) is 38.1. The Morgan fingerprint density at radius 3 is 0.825 bits per heavy atom. The number of carbonyl (C=O) groups excluding carboxylic acids is 3. The summed E-state index contributed by atoms with van der Waals surface area (Å²) in [6.07, 6.45) is 55.1. The molecule has 0 heterocycles. The highest BCUT2D eigenvalue weighted by molar-refractivity contribution is 5.71. The molecule has 63 heavy (non-hydrogen) atoms. The molecule has 0 bridgehead atoms. The minimum Gasteiger partial charge on any atom is -0.462 e. The van der Waals surface area contributed by atoms with Crippen molar-refractivity contribution in [3.05, 3.63) is 0 Å². The molecule has 0 saturated carbocycles. The Bertz CT molecular complexity index is 951. The number of hydrogen-bond donors (Lipinski definition) is 0. The average Bonchev–Trinajstić information content (AvgIpc) is 3.28. The lowest BCUT2D eigenvalue weighted by Gasteiger charge is -2.18. The minimum absolute atomic E-state index is 0.0622. The second kappa shape index (κ2) is 51.4. The molecule has 0 aliphatic carbocycles. The number of ether oxygens (including phenoxy) is 3. The van der Waals surface area contributed by atoms with Gasteiger partial charge >= 0.3 is 17.9 Å². The smallest absolute Gasteiger partial charge is 0.306 e. The Labute approximate surface area is 393 Å². The molecule has 0 fully saturated rings. The molecule has 0 aromatic rings. The number of carbonyl (C=O) groups is 3. The summed E-state index contributed by atoms with van der Waals surface area (Å²) in [6, 6.07) is 0. The minimum atomic E-state index is -0.762. The molecule has 0 rings (SSSR count). The number of rotatable bonds is 52. The molecule has 6 heteroatoms. The Kier molecular flexibility index (Phi) is 50.1. The predicted molar refractivity (Wildman–Crippen MR) is 270 cm³/mol. The van der Waals surface area contributed by atoms with Gasteiger partial charge in [0, 0.05) is 19.3 Å². The van der Waals surface area contributed by atoms with Crippen LogP contribution in [0.15, 0.2) is 0 Å². The molecule has 0 aromatic carbocycles. The van der Waals surface area contributed by atoms with Crippen LogP contribution in [0.1, 0.15) is 323 Å². The van der Waals surface area contributed by atoms with E-state index in [2.05, 4.69) is 27.7 Å². The van der Waals surface area contributed by atoms with Crippen LogP contribution in [0, 0.1) is 5.92 Å². The summed E-state index contributed by atoms with van der Waals surface area (Å²) in [6.45, 7) is 9.07. The summed E-state index contributed by atoms with van der Waals surface area (Å²) < 4.78 is 16.9. The van der Waals surface area contributed by atoms with Crippen molar-refractivity contribution < 1.29 is 28.6 Å². The lowest BCUT2D eigenvalue weighted by atomic mass is 9.99. The van der Waals surface area contributed by atoms with Crippen molar-refractivity contribution in [3.8, 4) is 0 Å². The van der Waals surface area contributed by atoms with Crippen LogP contribution in [0.2, 0.25) is 0 Å². The van der Waals surface area contributed by atoms with Gasteiger partial charge in [0.15, 0.2) is 6.10 Å². The van der Waals surface area contributed by atoms with Gasteiger partial charge in [-0.05, 0) is 25.2 Å². The van der Waals surface area contributed by atoms with Crippen molar-refractivity contribution in [1.29, 1.82) is 0 Å². The topological polar surface area (TPSA) is 78.9 Å². The lowest BCUT2D eigenvalue weighted by Crippen LogP contribution is -2.30. The maximum atomic E-state index is 12.8. The SMILES string of the molecule is CCCCCCCCCCCCCCCCCCCCC(=O)OC[C@H](COC(=O)CCCCCCCCCCCCCCC)OC(=O)CCCCCCCCCCCCC(C)CC. The third-order valence-corrected chi connectivity index (χ3v) is 13.4. The van der Waals surface area contributed by atoms with E-state index in [9.17, 15) is 14.4 Å². The van der Waals surface area contributed by atoms with E-state index in [-0.39, 0.29) is 31.1 Å². The summed E-state index contributed by atoms with van der Waals surface area (Å²) in [5.74, 6) is 0.0294. The first-order valence-corrected chi connectivity index (χ1v) is 28.4. The monoisotopic (exact) mass is 891 g/mol. The van der Waals surface area contributed by atoms with E-state index < -0.39 is 6.10 Å². The van der Waals surface area contributed by atoms with Crippen LogP contribution in [0.3, 0.4) is 0 Å². The molecule has 0 aromatic heterocycles. The Balaban J connectivity index is 4.28. The maximum absolute atomic E-state index is 12.8. The summed E-state index contributed by atoms with van der Waals surface area (Å²) in [5, 5.41) is 0. The quantitative estimate of drug-likeness (QED) is 0.0344. The number of esters is 3. The second-order valence-corrected chi connectivity index (χ2v) is 19.8. The standard InChI is InChI=1S/C57H110O6/c1-5-8-10-12-14-16-18-20-21-22-23-24-26-28-33-37-41-45-49-56(59)62-52-54(51-61-55(58)48-44-40-36-32-27-25-19-17-15-13-11-9-6-2)63-57(60)50-46-42-38-34-30-29-31-35-39-43-47-53(4)7-3/h53-54H,5-52H2,1-4H3/t53?,54-/m0/s1. The van der Waals surface area contributed by atoms with Gasteiger partial charge in [0.2, 0.25) is 0 Å². The third kappa shape index (κ3) is 49.7. The van der Waals surface area contributed by atoms with Crippen LogP contribution in [0.4, 0.5) is 0 Å². The molecule has 0 radical (unpaired) electrons. The van der Waals surface area contributed by atoms with Crippen LogP contribution < -0.4 is 0 Å². The van der Waals surface area contributed by atoms with Gasteiger partial charge in [-0.25, -0.2) is 0 Å². The number of unbranched alkanes of at least 4 members (excludes halogenated alkanes) is 38. The fraction of sp³-hybridized carbons (Fsp3) is 0.947. The first-order valence-electron chi connectivity index (χ1n) is 28.4. The lowest BCUT2D eigenvalue weighted by molar-refractivity contribution is -0.167. The normalized spacial score (nSPS) is 12.4. The van der Waals surface area contributed by atoms with Crippen LogP contribution >= 0.6 is 0 Å². The van der Waals surface area contributed by atoms with Gasteiger partial charge in [0.1, 0.15) is 13.2 Å². The molecular formula is C57H110O6. The first kappa shape index (κ1) is 61.4. The van der Waals surface area contributed by atoms with E-state index >= 15 is 0 Å². The van der Waals surface area contributed by atoms with Gasteiger partial charge in [0.25, 0.3) is 0 Å². The average molecular weight is 892 g/mol. The molecular weight excluding hydrogens is 781 g/mol. The predicted octanol–water partition coefficient (Wildman–Crippen LogP) is 18.6. The van der Waals surface area contributed by atoms with E-state index in [0.717, 1.165) is 63.7 Å². The van der Waals surface area contributed by atoms with Crippen LogP contribution in [0.5, 0.6) is 0 Å². The number of hydrogen-bond acceptors (Lipinski definition) is 6. The summed E-state index contributed by atoms with van der Waals surface area (Å²) >= 11 is 0. The zero-order chi connectivity index (χ0) is 45.9. The van der Waals surface area contributed by atoms with Gasteiger partial charge in [-0.1, -0.05) is 285 Å². The van der Waals surface area contributed by atoms with Crippen molar-refractivity contribution in [3.63, 3.8) is 0 Å². The van der Waals surface area contributed by atoms with Crippen LogP contribution in [-0.2, 0) is 28.6 Å². The van der Waals surface area contributed by atoms with Gasteiger partial charge < -0.3 is 14.2 Å². The fourth-order valence-corrected chi connectivity index (χ4v) is 8.72. The fourth-order valence-electron chi connectivity index (χ4n) is 8.72. The summed E-state index contributed by atoms with van der Waals surface area (Å²) in [7, 11) is 0. The molecule has 2 atom stereocenters. The summed E-state index contributed by atoms with van der Waals surface area (Å²) in [5.41, 5.74) is 0. The van der Waals surface area contributed by atoms with Crippen LogP contribution in [0.25, 0.3) is 0 Å². The molecule has 0 N–H and O–H groups in total. The highest BCUT2D eigenvalue weighted by atomic mass is 16.6. The van der Waals surface area contributed by atoms with E-state index in [1.807, 2.05) is 0 Å². The first-order chi connectivity index (χ1) is 30.9. The maximum Gasteiger partial charge on any atom is 0.306 e. The van der Waals surface area contributed by atoms with Gasteiger partial charge in [0.05, 0.1) is 0 Å². The molecule has 6 nitrogen and oxygen atoms in total. The molecule has 0 aliphatic rings. The van der Waals surface area contributed by atoms with E-state index in [4.69, 9.17) is 14.2 Å². The van der Waals surface area contributed by atoms with Gasteiger partial charge in [-0.15, -0.1) is 0 Å². The molecule has 0 saturated heterocycles. The molecule has 0 aliphatic heterocycles. The van der Waals surface area contributed by atoms with Crippen molar-refractivity contribution in [2.45, 2.75) is 329 Å². The van der Waals surface area contributed by atoms with E-state index in [1.165, 1.54) is 218 Å². The Morgan fingerprint density at radius 1 is 0.317 bits per heavy atom. The zero-order valence-corrected chi connectivity index (χ0v) is 43.0. The second-order valence-electron chi connectivity index (χ2n) is 19.8. The molecule has 0 amide bonds. The Morgan fingerprint density at radius 2 is 0.556 bits per heavy atom. The van der Waals surface area contributed by atoms with Crippen molar-refractivity contribution in [2.24, 2.45) is 5.92 Å². The zero-order valence-electron chi connectivity index (χ0n) is 43.0. The van der Waals surface area contributed by atoms with Gasteiger partial charge in [-0.3, -0.25) is 14.4 Å². The van der Waals surface area contributed by atoms with E-state index in [1.54, 1.807) is 0 Å². The van der Waals surface area contributed by atoms with Crippen molar-refractivity contribution in [1.82, 2.24) is 0 Å². The van der Waals surface area contributed by atoms with E-state index in [0.29, 0.717) is 19.3 Å². The molecule has 0 spiro atoms. The highest BCUT2D eigenvalue weighted by Gasteiger charge is 2.19. The Hall–Kier alpha value is -1.59. The largest absolute Gasteiger partial charge is 0.462 e.